The lowest BCUT2D eigenvalue weighted by Crippen LogP contribution is -2.08. The Morgan fingerprint density at radius 1 is 2.00 bits per heavy atom. The van der Waals surface area contributed by atoms with E-state index in [4.69, 9.17) is 5.21 Å². The Bertz CT molecular complexity index is 74.1. The minimum absolute atomic E-state index is 0.336. The van der Waals surface area contributed by atoms with E-state index in [0.717, 1.165) is 0 Å². The van der Waals surface area contributed by atoms with E-state index in [0.29, 0.717) is 15.8 Å². The third-order valence-electron chi connectivity index (χ3n) is 0.172. The fraction of sp³-hybridized carbons (Fsp3) is 0. The van der Waals surface area contributed by atoms with Crippen molar-refractivity contribution in [3.05, 3.63) is 0 Å². The number of nitrogens with two attached hydrogens (primary N) is 1. The smallest absolute Gasteiger partial charge is 0.294 e. The first-order valence-corrected chi connectivity index (χ1v) is 2.45. The standard InChI is InChI=1S/CH4N2O2S2/c2-1(4)7-3(5)6/h5-6H,(H2,2,4). The van der Waals surface area contributed by atoms with E-state index in [1.807, 2.05) is 0 Å². The van der Waals surface area contributed by atoms with Crippen LogP contribution >= 0.6 is 24.8 Å². The second kappa shape index (κ2) is 3.14. The van der Waals surface area contributed by atoms with Crippen LogP contribution in [0.15, 0.2) is 0 Å². The van der Waals surface area contributed by atoms with Crippen molar-refractivity contribution in [1.29, 1.82) is 0 Å². The van der Waals surface area contributed by atoms with Crippen LogP contribution in [0.3, 0.4) is 0 Å². The molecule has 0 bridgehead atoms. The molecule has 0 aromatic heterocycles. The maximum atomic E-state index is 9.74. The molecule has 0 aromatic rings. The molecule has 0 fully saturated rings. The number of rotatable bonds is 1. The van der Waals surface area contributed by atoms with Crippen LogP contribution in [-0.2, 0) is 0 Å². The number of carbonyl (C=O) groups is 1. The molecule has 0 aromatic carbocycles. The Hall–Kier alpha value is 0.0900. The van der Waals surface area contributed by atoms with E-state index in [-0.39, 0.29) is 0 Å². The van der Waals surface area contributed by atoms with Crippen molar-refractivity contribution < 1.29 is 10.0 Å². The summed E-state index contributed by atoms with van der Waals surface area (Å²) < 4.78 is 0.336. The third-order valence-corrected chi connectivity index (χ3v) is 0.760. The van der Waals surface area contributed by atoms with Crippen molar-refractivity contribution in [3.8, 4) is 0 Å². The van der Waals surface area contributed by atoms with Crippen LogP contribution in [0.5, 0.6) is 0 Å². The fourth-order valence-corrected chi connectivity index (χ4v) is 0.483. The largest absolute Gasteiger partial charge is 0.359 e. The molecule has 1 amide bonds. The van der Waals surface area contributed by atoms with Crippen molar-refractivity contribution in [2.24, 2.45) is 5.73 Å². The summed E-state index contributed by atoms with van der Waals surface area (Å²) in [7, 11) is 0. The summed E-state index contributed by atoms with van der Waals surface area (Å²) in [6, 6.07) is 0. The molecule has 0 spiro atoms. The van der Waals surface area contributed by atoms with Crippen molar-refractivity contribution in [2.75, 3.05) is 0 Å². The highest BCUT2D eigenvalue weighted by atomic mass is 32.2. The molecule has 4 nitrogen and oxygen atoms in total. The van der Waals surface area contributed by atoms with Crippen LogP contribution in [0.1, 0.15) is 0 Å². The summed E-state index contributed by atoms with van der Waals surface area (Å²) in [6.07, 6.45) is 0. The second-order valence-electron chi connectivity index (χ2n) is 0.663. The number of primary amides is 1. The lowest BCUT2D eigenvalue weighted by Gasteiger charge is -1.97. The van der Waals surface area contributed by atoms with E-state index in [9.17, 15) is 4.79 Å². The number of hydrogen-bond donors (Lipinski definition) is 3. The quantitative estimate of drug-likeness (QED) is 0.277. The van der Waals surface area contributed by atoms with E-state index in [2.05, 4.69) is 18.5 Å². The van der Waals surface area contributed by atoms with Crippen LogP contribution in [0.25, 0.3) is 0 Å². The van der Waals surface area contributed by atoms with Gasteiger partial charge < -0.3 is 5.73 Å². The van der Waals surface area contributed by atoms with E-state index in [1.165, 1.54) is 0 Å². The predicted molar refractivity (Wildman–Crippen MR) is 29.8 cm³/mol. The highest BCUT2D eigenvalue weighted by molar-refractivity contribution is 8.16. The summed E-state index contributed by atoms with van der Waals surface area (Å²) in [5.74, 6) is 0. The maximum Gasteiger partial charge on any atom is 0.294 e. The average molecular weight is 140 g/mol. The monoisotopic (exact) mass is 140 g/mol. The molecule has 7 heavy (non-hydrogen) atoms. The summed E-state index contributed by atoms with van der Waals surface area (Å²) in [5, 5.41) is 7.39. The van der Waals surface area contributed by atoms with Crippen molar-refractivity contribution >= 4 is 30.0 Å². The van der Waals surface area contributed by atoms with Crippen LogP contribution in [0, 0.1) is 0 Å². The summed E-state index contributed by atoms with van der Waals surface area (Å²) >= 11 is 3.69. The van der Waals surface area contributed by atoms with E-state index < -0.39 is 5.24 Å². The lowest BCUT2D eigenvalue weighted by molar-refractivity contribution is 0.128. The molecule has 0 rings (SSSR count). The second-order valence-corrected chi connectivity index (χ2v) is 2.24. The summed E-state index contributed by atoms with van der Waals surface area (Å²) in [4.78, 5) is 9.74. The number of amides is 1. The van der Waals surface area contributed by atoms with Gasteiger partial charge in [0.05, 0.1) is 11.9 Å². The molecule has 0 saturated carbocycles. The van der Waals surface area contributed by atoms with Crippen molar-refractivity contribution in [2.45, 2.75) is 0 Å². The molecule has 0 radical (unpaired) electrons. The van der Waals surface area contributed by atoms with Gasteiger partial charge >= 0.3 is 0 Å². The van der Waals surface area contributed by atoms with Gasteiger partial charge in [-0.15, -0.1) is 0 Å². The minimum Gasteiger partial charge on any atom is -0.359 e. The molecule has 0 atom stereocenters. The van der Waals surface area contributed by atoms with E-state index in [1.54, 1.807) is 0 Å². The van der Waals surface area contributed by atoms with Gasteiger partial charge in [-0.05, 0) is 0 Å². The Labute approximate surface area is 50.3 Å². The first-order valence-electron chi connectivity index (χ1n) is 1.28. The average Bonchev–Trinajstić information content (AvgIpc) is 1.27. The van der Waals surface area contributed by atoms with Gasteiger partial charge in [-0.2, -0.15) is 0 Å². The minimum atomic E-state index is -0.697. The molecule has 0 aliphatic rings. The molecular formula is CH4N2O2S2. The number of thiol groups is 1. The Morgan fingerprint density at radius 2 is 2.43 bits per heavy atom. The fourth-order valence-electron chi connectivity index (χ4n) is 0.0805. The highest BCUT2D eigenvalue weighted by Gasteiger charge is 1.97. The van der Waals surface area contributed by atoms with Crippen LogP contribution in [-0.4, -0.2) is 14.3 Å². The van der Waals surface area contributed by atoms with Gasteiger partial charge in [0, 0.05) is 0 Å². The molecule has 0 saturated heterocycles. The van der Waals surface area contributed by atoms with Gasteiger partial charge in [0.15, 0.2) is 0 Å². The molecular weight excluding hydrogens is 136 g/mol. The van der Waals surface area contributed by atoms with Crippen LogP contribution < -0.4 is 5.73 Å². The normalized spacial score (nSPS) is 9.57. The van der Waals surface area contributed by atoms with Gasteiger partial charge in [-0.3, -0.25) is 10.0 Å². The highest BCUT2D eigenvalue weighted by Crippen LogP contribution is 2.06. The molecule has 3 N–H and O–H groups in total. The molecule has 42 valence electrons. The first-order chi connectivity index (χ1) is 3.13. The first kappa shape index (κ1) is 7.09. The topological polar surface area (TPSA) is 66.6 Å². The molecule has 0 aliphatic heterocycles. The number of carbonyl (C=O) groups excluding carboxylic acids is 1. The zero-order valence-electron chi connectivity index (χ0n) is 3.24. The third kappa shape index (κ3) is 6.09. The Kier molecular flexibility index (Phi) is 3.18. The number of nitrogens with zero attached hydrogens (tertiary/aromatic N) is 1. The van der Waals surface area contributed by atoms with Crippen LogP contribution in [0.2, 0.25) is 0 Å². The van der Waals surface area contributed by atoms with Gasteiger partial charge in [-0.25, -0.2) is 0 Å². The zero-order valence-corrected chi connectivity index (χ0v) is 4.95. The predicted octanol–water partition coefficient (Wildman–Crippen LogP) is 0.249. The van der Waals surface area contributed by atoms with Gasteiger partial charge in [0.25, 0.3) is 5.24 Å². The maximum absolute atomic E-state index is 9.74. The SMILES string of the molecule is NC(=O)SN(O)S. The lowest BCUT2D eigenvalue weighted by atomic mass is 11.5. The Morgan fingerprint density at radius 3 is 2.43 bits per heavy atom. The van der Waals surface area contributed by atoms with Gasteiger partial charge in [0.1, 0.15) is 0 Å². The molecule has 0 aliphatic carbocycles. The van der Waals surface area contributed by atoms with E-state index >= 15 is 0 Å². The van der Waals surface area contributed by atoms with Crippen molar-refractivity contribution in [1.82, 2.24) is 3.87 Å². The molecule has 0 heterocycles. The molecule has 6 heteroatoms. The van der Waals surface area contributed by atoms with Gasteiger partial charge in [-0.1, -0.05) is 16.7 Å². The zero-order chi connectivity index (χ0) is 5.86. The summed E-state index contributed by atoms with van der Waals surface area (Å²) in [5.41, 5.74) is 4.57. The van der Waals surface area contributed by atoms with Gasteiger partial charge in [0.2, 0.25) is 0 Å². The number of hydrogen-bond acceptors (Lipinski definition) is 5. The molecule has 0 unspecified atom stereocenters. The van der Waals surface area contributed by atoms with Crippen molar-refractivity contribution in [3.63, 3.8) is 0 Å². The summed E-state index contributed by atoms with van der Waals surface area (Å²) in [6.45, 7) is 0. The Balaban J connectivity index is 3.13. The van der Waals surface area contributed by atoms with Crippen LogP contribution in [0.4, 0.5) is 4.79 Å².